The highest BCUT2D eigenvalue weighted by Crippen LogP contribution is 2.42. The number of ether oxygens (including phenoxy) is 1. The summed E-state index contributed by atoms with van der Waals surface area (Å²) in [6, 6.07) is 0. The van der Waals surface area contributed by atoms with E-state index in [9.17, 15) is 13.2 Å². The zero-order valence-electron chi connectivity index (χ0n) is 12.2. The molecule has 0 unspecified atom stereocenters. The van der Waals surface area contributed by atoms with Crippen molar-refractivity contribution in [3.8, 4) is 0 Å². The Morgan fingerprint density at radius 1 is 1.33 bits per heavy atom. The van der Waals surface area contributed by atoms with Gasteiger partial charge in [0.15, 0.2) is 15.6 Å². The van der Waals surface area contributed by atoms with Crippen LogP contribution >= 0.6 is 11.3 Å². The number of ketones is 1. The van der Waals surface area contributed by atoms with Crippen LogP contribution in [0.3, 0.4) is 0 Å². The quantitative estimate of drug-likeness (QED) is 0.823. The molecule has 1 saturated heterocycles. The molecular formula is C13H20N2O4S2. The largest absolute Gasteiger partial charge is 0.396 e. The molecule has 0 radical (unpaired) electrons. The molecule has 2 heterocycles. The highest BCUT2D eigenvalue weighted by atomic mass is 32.2. The third kappa shape index (κ3) is 3.07. The summed E-state index contributed by atoms with van der Waals surface area (Å²) in [6.07, 6.45) is 0.304. The molecule has 0 spiro atoms. The average Bonchev–Trinajstić information content (AvgIpc) is 2.85. The van der Waals surface area contributed by atoms with E-state index in [4.69, 9.17) is 10.5 Å². The average molecular weight is 332 g/mol. The summed E-state index contributed by atoms with van der Waals surface area (Å²) in [5.74, 6) is -0.157. The molecule has 0 aliphatic carbocycles. The lowest BCUT2D eigenvalue weighted by molar-refractivity contribution is 0.0992. The second-order valence-corrected chi connectivity index (χ2v) is 7.97. The fourth-order valence-corrected chi connectivity index (χ4v) is 5.07. The van der Waals surface area contributed by atoms with Gasteiger partial charge in [0.1, 0.15) is 9.90 Å². The third-order valence-corrected chi connectivity index (χ3v) is 6.68. The van der Waals surface area contributed by atoms with E-state index < -0.39 is 9.84 Å². The number of rotatable bonds is 5. The van der Waals surface area contributed by atoms with Gasteiger partial charge in [-0.1, -0.05) is 13.8 Å². The fraction of sp³-hybridized carbons (Fsp3) is 0.615. The van der Waals surface area contributed by atoms with Crippen LogP contribution < -0.4 is 10.6 Å². The first-order valence-corrected chi connectivity index (χ1v) is 9.40. The predicted molar refractivity (Wildman–Crippen MR) is 84.1 cm³/mol. The summed E-state index contributed by atoms with van der Waals surface area (Å²) in [6.45, 7) is 5.61. The van der Waals surface area contributed by atoms with Gasteiger partial charge in [0.05, 0.1) is 29.5 Å². The molecule has 1 aromatic rings. The molecule has 0 amide bonds. The molecule has 0 bridgehead atoms. The Hall–Kier alpha value is -1.12. The van der Waals surface area contributed by atoms with Crippen LogP contribution in [-0.4, -0.2) is 46.3 Å². The minimum atomic E-state index is -3.48. The van der Waals surface area contributed by atoms with Crippen molar-refractivity contribution < 1.29 is 17.9 Å². The van der Waals surface area contributed by atoms with Crippen molar-refractivity contribution in [1.29, 1.82) is 0 Å². The Morgan fingerprint density at radius 2 is 1.95 bits per heavy atom. The molecule has 8 heteroatoms. The zero-order valence-corrected chi connectivity index (χ0v) is 13.8. The number of sulfone groups is 1. The summed E-state index contributed by atoms with van der Waals surface area (Å²) in [5.41, 5.74) is 6.11. The topological polar surface area (TPSA) is 89.7 Å². The first kappa shape index (κ1) is 16.3. The number of Topliss-reactive ketones (excluding diaryl/α,β-unsaturated/α-hetero) is 1. The number of anilines is 2. The van der Waals surface area contributed by atoms with E-state index in [1.165, 1.54) is 11.3 Å². The van der Waals surface area contributed by atoms with Crippen LogP contribution in [0.4, 0.5) is 10.7 Å². The Bertz CT molecular complexity index is 631. The summed E-state index contributed by atoms with van der Waals surface area (Å²) < 4.78 is 30.0. The van der Waals surface area contributed by atoms with Gasteiger partial charge in [0.25, 0.3) is 0 Å². The van der Waals surface area contributed by atoms with Gasteiger partial charge in [-0.25, -0.2) is 8.42 Å². The normalized spacial score (nSPS) is 16.2. The molecule has 21 heavy (non-hydrogen) atoms. The Balaban J connectivity index is 2.59. The third-order valence-electron chi connectivity index (χ3n) is 3.45. The first-order chi connectivity index (χ1) is 9.92. The summed E-state index contributed by atoms with van der Waals surface area (Å²) in [5, 5.41) is 0.578. The van der Waals surface area contributed by atoms with E-state index in [1.807, 2.05) is 4.90 Å². The molecule has 2 N–H and O–H groups in total. The summed E-state index contributed by atoms with van der Waals surface area (Å²) >= 11 is 1.18. The van der Waals surface area contributed by atoms with Gasteiger partial charge >= 0.3 is 0 Å². The van der Waals surface area contributed by atoms with Crippen LogP contribution in [0.2, 0.25) is 0 Å². The lowest BCUT2D eigenvalue weighted by atomic mass is 10.2. The van der Waals surface area contributed by atoms with Gasteiger partial charge in [-0.05, 0) is 0 Å². The number of hydrogen-bond acceptors (Lipinski definition) is 7. The van der Waals surface area contributed by atoms with Crippen molar-refractivity contribution in [2.24, 2.45) is 0 Å². The van der Waals surface area contributed by atoms with Gasteiger partial charge in [-0.3, -0.25) is 4.79 Å². The smallest absolute Gasteiger partial charge is 0.183 e. The molecule has 0 saturated carbocycles. The monoisotopic (exact) mass is 332 g/mol. The van der Waals surface area contributed by atoms with Gasteiger partial charge < -0.3 is 15.4 Å². The van der Waals surface area contributed by atoms with Gasteiger partial charge in [0.2, 0.25) is 0 Å². The zero-order chi connectivity index (χ0) is 15.6. The molecule has 1 aliphatic heterocycles. The van der Waals surface area contributed by atoms with Crippen molar-refractivity contribution in [3.05, 3.63) is 4.88 Å². The van der Waals surface area contributed by atoms with E-state index in [0.717, 1.165) is 0 Å². The van der Waals surface area contributed by atoms with Crippen LogP contribution in [0.15, 0.2) is 4.90 Å². The number of nitrogen functional groups attached to an aromatic ring is 1. The van der Waals surface area contributed by atoms with Crippen molar-refractivity contribution in [2.75, 3.05) is 42.7 Å². The maximum Gasteiger partial charge on any atom is 0.183 e. The highest BCUT2D eigenvalue weighted by Gasteiger charge is 2.31. The number of nitrogens with zero attached hydrogens (tertiary/aromatic N) is 1. The van der Waals surface area contributed by atoms with E-state index in [1.54, 1.807) is 13.8 Å². The lowest BCUT2D eigenvalue weighted by Gasteiger charge is -2.28. The van der Waals surface area contributed by atoms with Crippen molar-refractivity contribution >= 4 is 37.6 Å². The molecule has 118 valence electrons. The van der Waals surface area contributed by atoms with E-state index >= 15 is 0 Å². The molecule has 0 aromatic carbocycles. The number of thiophene rings is 1. The minimum Gasteiger partial charge on any atom is -0.396 e. The maximum atomic E-state index is 12.4. The number of carbonyl (C=O) groups excluding carboxylic acids is 1. The molecule has 1 aliphatic rings. The lowest BCUT2D eigenvalue weighted by Crippen LogP contribution is -2.36. The van der Waals surface area contributed by atoms with Gasteiger partial charge in [0, 0.05) is 19.5 Å². The molecule has 6 nitrogen and oxygen atoms in total. The second-order valence-electron chi connectivity index (χ2n) is 4.76. The predicted octanol–water partition coefficient (Wildman–Crippen LogP) is 1.55. The van der Waals surface area contributed by atoms with Crippen LogP contribution in [0.1, 0.15) is 29.9 Å². The van der Waals surface area contributed by atoms with Crippen LogP contribution in [-0.2, 0) is 14.6 Å². The second kappa shape index (κ2) is 6.33. The number of carbonyl (C=O) groups is 1. The van der Waals surface area contributed by atoms with Crippen LogP contribution in [0, 0.1) is 0 Å². The highest BCUT2D eigenvalue weighted by molar-refractivity contribution is 7.92. The van der Waals surface area contributed by atoms with E-state index in [0.29, 0.717) is 42.6 Å². The van der Waals surface area contributed by atoms with E-state index in [2.05, 4.69) is 0 Å². The Morgan fingerprint density at radius 3 is 2.48 bits per heavy atom. The van der Waals surface area contributed by atoms with E-state index in [-0.39, 0.29) is 22.1 Å². The number of morpholine rings is 1. The Kier molecular flexibility index (Phi) is 4.90. The standard InChI is InChI=1S/C13H20N2O4S2/c1-3-9(16)11-10(14)12(21(17,18)4-2)13(20-11)15-5-7-19-8-6-15/h3-8,14H2,1-2H3. The van der Waals surface area contributed by atoms with Crippen LogP contribution in [0.5, 0.6) is 0 Å². The molecule has 1 aromatic heterocycles. The van der Waals surface area contributed by atoms with Crippen molar-refractivity contribution in [3.63, 3.8) is 0 Å². The summed E-state index contributed by atoms with van der Waals surface area (Å²) in [7, 11) is -3.48. The van der Waals surface area contributed by atoms with Crippen molar-refractivity contribution in [2.45, 2.75) is 25.2 Å². The van der Waals surface area contributed by atoms with Crippen LogP contribution in [0.25, 0.3) is 0 Å². The molecule has 0 atom stereocenters. The molecular weight excluding hydrogens is 312 g/mol. The minimum absolute atomic E-state index is 0.0367. The maximum absolute atomic E-state index is 12.4. The van der Waals surface area contributed by atoms with Gasteiger partial charge in [-0.15, -0.1) is 11.3 Å². The SMILES string of the molecule is CCC(=O)c1sc(N2CCOCC2)c(S(=O)(=O)CC)c1N. The Labute approximate surface area is 128 Å². The molecule has 1 fully saturated rings. The summed E-state index contributed by atoms with van der Waals surface area (Å²) in [4.78, 5) is 14.4. The fourth-order valence-electron chi connectivity index (χ4n) is 2.20. The van der Waals surface area contributed by atoms with Gasteiger partial charge in [-0.2, -0.15) is 0 Å². The first-order valence-electron chi connectivity index (χ1n) is 6.93. The number of nitrogens with two attached hydrogens (primary N) is 1. The van der Waals surface area contributed by atoms with Crippen molar-refractivity contribution in [1.82, 2.24) is 0 Å². The molecule has 2 rings (SSSR count). The number of hydrogen-bond donors (Lipinski definition) is 1.